The first-order chi connectivity index (χ1) is 6.78. The van der Waals surface area contributed by atoms with Gasteiger partial charge >= 0.3 is 0 Å². The summed E-state index contributed by atoms with van der Waals surface area (Å²) in [6, 6.07) is 0.310. The zero-order chi connectivity index (χ0) is 10.0. The monoisotopic (exact) mass is 198 g/mol. The highest BCUT2D eigenvalue weighted by Gasteiger charge is 2.44. The van der Waals surface area contributed by atoms with Crippen molar-refractivity contribution in [1.82, 2.24) is 0 Å². The first-order valence-corrected chi connectivity index (χ1v) is 5.82. The van der Waals surface area contributed by atoms with E-state index in [0.717, 1.165) is 32.6 Å². The summed E-state index contributed by atoms with van der Waals surface area (Å²) in [5.41, 5.74) is 12.5. The van der Waals surface area contributed by atoms with Crippen LogP contribution < -0.4 is 11.5 Å². The summed E-state index contributed by atoms with van der Waals surface area (Å²) in [7, 11) is 0. The van der Waals surface area contributed by atoms with Gasteiger partial charge in [-0.2, -0.15) is 0 Å². The smallest absolute Gasteiger partial charge is 0.0469 e. The minimum absolute atomic E-state index is 0.280. The van der Waals surface area contributed by atoms with Crippen molar-refractivity contribution in [3.63, 3.8) is 0 Å². The molecule has 1 aliphatic heterocycles. The van der Waals surface area contributed by atoms with E-state index in [-0.39, 0.29) is 5.41 Å². The summed E-state index contributed by atoms with van der Waals surface area (Å²) in [6.07, 6.45) is 6.05. The van der Waals surface area contributed by atoms with Crippen molar-refractivity contribution < 1.29 is 4.74 Å². The van der Waals surface area contributed by atoms with Crippen LogP contribution in [0.25, 0.3) is 0 Å². The molecule has 0 aromatic carbocycles. The third kappa shape index (κ3) is 1.69. The number of rotatable bonds is 3. The first-order valence-electron chi connectivity index (χ1n) is 5.82. The van der Waals surface area contributed by atoms with Crippen LogP contribution in [0.1, 0.15) is 32.1 Å². The van der Waals surface area contributed by atoms with E-state index in [0.29, 0.717) is 12.0 Å². The fourth-order valence-corrected chi connectivity index (χ4v) is 2.88. The minimum atomic E-state index is 0.280. The van der Waals surface area contributed by atoms with Crippen LogP contribution in [-0.2, 0) is 4.74 Å². The molecule has 1 unspecified atom stereocenters. The van der Waals surface area contributed by atoms with Gasteiger partial charge in [-0.3, -0.25) is 0 Å². The van der Waals surface area contributed by atoms with Gasteiger partial charge in [0, 0.05) is 19.3 Å². The van der Waals surface area contributed by atoms with Crippen LogP contribution in [0.3, 0.4) is 0 Å². The molecule has 82 valence electrons. The van der Waals surface area contributed by atoms with Gasteiger partial charge in [0.2, 0.25) is 0 Å². The predicted molar refractivity (Wildman–Crippen MR) is 56.9 cm³/mol. The summed E-state index contributed by atoms with van der Waals surface area (Å²) in [4.78, 5) is 0. The van der Waals surface area contributed by atoms with Gasteiger partial charge in [0.05, 0.1) is 0 Å². The Morgan fingerprint density at radius 3 is 2.36 bits per heavy atom. The van der Waals surface area contributed by atoms with Gasteiger partial charge in [0.25, 0.3) is 0 Å². The lowest BCUT2D eigenvalue weighted by atomic mass is 9.60. The Morgan fingerprint density at radius 1 is 1.29 bits per heavy atom. The molecule has 0 bridgehead atoms. The second-order valence-corrected chi connectivity index (χ2v) is 4.90. The average Bonchev–Trinajstić information content (AvgIpc) is 2.18. The molecule has 1 heterocycles. The van der Waals surface area contributed by atoms with Gasteiger partial charge < -0.3 is 16.2 Å². The summed E-state index contributed by atoms with van der Waals surface area (Å²) < 4.78 is 5.36. The van der Waals surface area contributed by atoms with Gasteiger partial charge in [0.1, 0.15) is 0 Å². The Morgan fingerprint density at radius 2 is 1.93 bits per heavy atom. The van der Waals surface area contributed by atoms with E-state index in [1.807, 2.05) is 0 Å². The quantitative estimate of drug-likeness (QED) is 0.707. The maximum atomic E-state index is 6.36. The van der Waals surface area contributed by atoms with Gasteiger partial charge in [-0.05, 0) is 43.6 Å². The van der Waals surface area contributed by atoms with Crippen LogP contribution in [0.4, 0.5) is 0 Å². The summed E-state index contributed by atoms with van der Waals surface area (Å²) >= 11 is 0. The lowest BCUT2D eigenvalue weighted by molar-refractivity contribution is 0.00987. The fraction of sp³-hybridized carbons (Fsp3) is 1.00. The number of hydrogen-bond acceptors (Lipinski definition) is 3. The minimum Gasteiger partial charge on any atom is -0.381 e. The van der Waals surface area contributed by atoms with E-state index in [2.05, 4.69) is 0 Å². The van der Waals surface area contributed by atoms with E-state index in [9.17, 15) is 0 Å². The topological polar surface area (TPSA) is 61.3 Å². The maximum Gasteiger partial charge on any atom is 0.0469 e. The number of hydrogen-bond donors (Lipinski definition) is 2. The molecule has 0 aromatic rings. The van der Waals surface area contributed by atoms with Crippen molar-refractivity contribution in [2.24, 2.45) is 22.8 Å². The van der Waals surface area contributed by atoms with E-state index in [4.69, 9.17) is 16.2 Å². The molecule has 0 spiro atoms. The Hall–Kier alpha value is -0.120. The molecule has 2 rings (SSSR count). The molecule has 3 heteroatoms. The third-order valence-electron chi connectivity index (χ3n) is 4.24. The molecular formula is C11H22N2O. The standard InChI is InChI=1S/C11H22N2O/c12-8-11(4-1-5-11)10(13)9-2-6-14-7-3-9/h9-10H,1-8,12-13H2. The molecule has 4 N–H and O–H groups in total. The molecular weight excluding hydrogens is 176 g/mol. The van der Waals surface area contributed by atoms with Gasteiger partial charge in [-0.15, -0.1) is 0 Å². The molecule has 1 saturated heterocycles. The molecule has 0 amide bonds. The van der Waals surface area contributed by atoms with Crippen molar-refractivity contribution >= 4 is 0 Å². The van der Waals surface area contributed by atoms with Crippen LogP contribution in [0, 0.1) is 11.3 Å². The van der Waals surface area contributed by atoms with E-state index in [1.165, 1.54) is 19.3 Å². The normalized spacial score (nSPS) is 29.6. The fourth-order valence-electron chi connectivity index (χ4n) is 2.88. The molecule has 1 atom stereocenters. The van der Waals surface area contributed by atoms with Crippen molar-refractivity contribution in [3.8, 4) is 0 Å². The van der Waals surface area contributed by atoms with E-state index in [1.54, 1.807) is 0 Å². The van der Waals surface area contributed by atoms with Crippen LogP contribution >= 0.6 is 0 Å². The Labute approximate surface area is 86.2 Å². The molecule has 3 nitrogen and oxygen atoms in total. The van der Waals surface area contributed by atoms with E-state index >= 15 is 0 Å². The highest BCUT2D eigenvalue weighted by Crippen LogP contribution is 2.45. The SMILES string of the molecule is NCC1(C(N)C2CCOCC2)CCC1. The second kappa shape index (κ2) is 4.17. The Balaban J connectivity index is 1.94. The van der Waals surface area contributed by atoms with Gasteiger partial charge in [-0.1, -0.05) is 6.42 Å². The highest BCUT2D eigenvalue weighted by molar-refractivity contribution is 4.99. The lowest BCUT2D eigenvalue weighted by Gasteiger charge is -2.49. The molecule has 2 aliphatic rings. The summed E-state index contributed by atoms with van der Waals surface area (Å²) in [5.74, 6) is 0.646. The predicted octanol–water partition coefficient (Wildman–Crippen LogP) is 0.869. The lowest BCUT2D eigenvalue weighted by Crippen LogP contribution is -2.55. The first kappa shape index (κ1) is 10.4. The molecule has 1 saturated carbocycles. The maximum absolute atomic E-state index is 6.36. The van der Waals surface area contributed by atoms with Crippen molar-refractivity contribution in [3.05, 3.63) is 0 Å². The Bertz CT molecular complexity index is 180. The molecule has 0 radical (unpaired) electrons. The van der Waals surface area contributed by atoms with Crippen LogP contribution in [0.5, 0.6) is 0 Å². The highest BCUT2D eigenvalue weighted by atomic mass is 16.5. The molecule has 0 aromatic heterocycles. The van der Waals surface area contributed by atoms with Crippen LogP contribution in [-0.4, -0.2) is 25.8 Å². The van der Waals surface area contributed by atoms with Crippen molar-refractivity contribution in [2.45, 2.75) is 38.1 Å². The summed E-state index contributed by atoms with van der Waals surface area (Å²) in [5, 5.41) is 0. The van der Waals surface area contributed by atoms with Crippen molar-refractivity contribution in [1.29, 1.82) is 0 Å². The van der Waals surface area contributed by atoms with Gasteiger partial charge in [0.15, 0.2) is 0 Å². The second-order valence-electron chi connectivity index (χ2n) is 4.90. The third-order valence-corrected chi connectivity index (χ3v) is 4.24. The average molecular weight is 198 g/mol. The summed E-state index contributed by atoms with van der Waals surface area (Å²) in [6.45, 7) is 2.55. The van der Waals surface area contributed by atoms with Crippen LogP contribution in [0.2, 0.25) is 0 Å². The zero-order valence-electron chi connectivity index (χ0n) is 8.87. The zero-order valence-corrected chi connectivity index (χ0v) is 8.87. The largest absolute Gasteiger partial charge is 0.381 e. The number of ether oxygens (including phenoxy) is 1. The molecule has 14 heavy (non-hydrogen) atoms. The molecule has 1 aliphatic carbocycles. The molecule has 2 fully saturated rings. The number of nitrogens with two attached hydrogens (primary N) is 2. The van der Waals surface area contributed by atoms with Crippen molar-refractivity contribution in [2.75, 3.05) is 19.8 Å². The van der Waals surface area contributed by atoms with E-state index < -0.39 is 0 Å². The van der Waals surface area contributed by atoms with Crippen LogP contribution in [0.15, 0.2) is 0 Å². The van der Waals surface area contributed by atoms with Gasteiger partial charge in [-0.25, -0.2) is 0 Å². The Kier molecular flexibility index (Phi) is 3.10.